The van der Waals surface area contributed by atoms with Gasteiger partial charge in [0.1, 0.15) is 6.54 Å². The Bertz CT molecular complexity index is 6.00. The second-order valence-corrected chi connectivity index (χ2v) is 0.454. The van der Waals surface area contributed by atoms with Crippen LogP contribution in [-0.2, 0) is 0 Å². The number of nitrogens with one attached hydrogen (secondary N) is 1. The number of hydrazine groups is 1. The number of hydrogen-bond acceptors (Lipinski definition) is 2. The van der Waals surface area contributed by atoms with E-state index in [9.17, 15) is 0 Å². The standard InChI is InChI=1S/C2H7N2/c1-2-4-3/h4H,1-3H2/q+1. The lowest BCUT2D eigenvalue weighted by Crippen LogP contribution is -2.20. The molecule has 0 radical (unpaired) electrons. The maximum Gasteiger partial charge on any atom is 0.148 e. The molecule has 0 aromatic rings. The lowest BCUT2D eigenvalue weighted by Gasteiger charge is -1.70. The van der Waals surface area contributed by atoms with Gasteiger partial charge in [-0.05, 0) is 0 Å². The summed E-state index contributed by atoms with van der Waals surface area (Å²) in [7, 11) is 0. The molecular weight excluding hydrogens is 52.0 g/mol. The van der Waals surface area contributed by atoms with Crippen molar-refractivity contribution in [2.24, 2.45) is 5.84 Å². The summed E-state index contributed by atoms with van der Waals surface area (Å²) in [6.45, 7) is 3.97. The summed E-state index contributed by atoms with van der Waals surface area (Å²) in [5, 5.41) is 0. The van der Waals surface area contributed by atoms with Gasteiger partial charge >= 0.3 is 0 Å². The van der Waals surface area contributed by atoms with Gasteiger partial charge in [0.25, 0.3) is 0 Å². The fourth-order valence-electron chi connectivity index (χ4n) is 0. The molecule has 0 atom stereocenters. The second-order valence-electron chi connectivity index (χ2n) is 0.454. The molecule has 0 aliphatic rings. The van der Waals surface area contributed by atoms with Gasteiger partial charge in [-0.1, -0.05) is 0 Å². The van der Waals surface area contributed by atoms with E-state index in [4.69, 9.17) is 5.84 Å². The minimum atomic E-state index is 0.597. The Morgan fingerprint density at radius 2 is 2.25 bits per heavy atom. The van der Waals surface area contributed by atoms with Crippen LogP contribution in [0.4, 0.5) is 0 Å². The molecule has 0 rings (SSSR count). The van der Waals surface area contributed by atoms with Gasteiger partial charge in [0.05, 0.1) is 6.92 Å². The number of nitrogens with two attached hydrogens (primary N) is 1. The van der Waals surface area contributed by atoms with E-state index in [1.54, 1.807) is 0 Å². The van der Waals surface area contributed by atoms with Gasteiger partial charge in [0.15, 0.2) is 0 Å². The Hall–Kier alpha value is -0.210. The highest BCUT2D eigenvalue weighted by molar-refractivity contribution is 4.31. The van der Waals surface area contributed by atoms with E-state index in [-0.39, 0.29) is 0 Å². The van der Waals surface area contributed by atoms with Crippen LogP contribution in [0.3, 0.4) is 0 Å². The van der Waals surface area contributed by atoms with Crippen molar-refractivity contribution in [1.29, 1.82) is 0 Å². The Morgan fingerprint density at radius 3 is 2.25 bits per heavy atom. The van der Waals surface area contributed by atoms with E-state index in [0.29, 0.717) is 6.54 Å². The van der Waals surface area contributed by atoms with Crippen molar-refractivity contribution in [3.63, 3.8) is 0 Å². The predicted octanol–water partition coefficient (Wildman–Crippen LogP) is -0.716. The largest absolute Gasteiger partial charge is 0.268 e. The van der Waals surface area contributed by atoms with Crippen LogP contribution in [0.25, 0.3) is 0 Å². The van der Waals surface area contributed by atoms with E-state index in [1.165, 1.54) is 0 Å². The molecule has 2 nitrogen and oxygen atoms in total. The minimum absolute atomic E-state index is 0.597. The zero-order valence-electron chi connectivity index (χ0n) is 2.49. The molecule has 0 amide bonds. The molecule has 0 fully saturated rings. The van der Waals surface area contributed by atoms with Crippen LogP contribution in [0.2, 0.25) is 0 Å². The molecule has 0 bridgehead atoms. The molecule has 0 saturated heterocycles. The third-order valence-electron chi connectivity index (χ3n) is 0.144. The molecule has 4 heavy (non-hydrogen) atoms. The first-order chi connectivity index (χ1) is 1.91. The highest BCUT2D eigenvalue weighted by atomic mass is 15.2. The van der Waals surface area contributed by atoms with Crippen molar-refractivity contribution in [3.05, 3.63) is 6.92 Å². The molecule has 0 aromatic carbocycles. The summed E-state index contributed by atoms with van der Waals surface area (Å²) in [5.74, 6) is 4.72. The van der Waals surface area contributed by atoms with Crippen LogP contribution >= 0.6 is 0 Å². The summed E-state index contributed by atoms with van der Waals surface area (Å²) < 4.78 is 0. The topological polar surface area (TPSA) is 38.0 Å². The Labute approximate surface area is 26.0 Å². The van der Waals surface area contributed by atoms with Crippen LogP contribution in [0.5, 0.6) is 0 Å². The highest BCUT2D eigenvalue weighted by Gasteiger charge is 1.59. The van der Waals surface area contributed by atoms with Crippen molar-refractivity contribution in [2.75, 3.05) is 6.54 Å². The van der Waals surface area contributed by atoms with Crippen molar-refractivity contribution in [3.8, 4) is 0 Å². The lowest BCUT2D eigenvalue weighted by atomic mass is 10.8. The molecule has 0 unspecified atom stereocenters. The molecule has 0 aliphatic carbocycles. The summed E-state index contributed by atoms with van der Waals surface area (Å²) >= 11 is 0. The van der Waals surface area contributed by atoms with Crippen molar-refractivity contribution < 1.29 is 0 Å². The zero-order chi connectivity index (χ0) is 3.41. The smallest absolute Gasteiger partial charge is 0.148 e. The summed E-state index contributed by atoms with van der Waals surface area (Å²) in [5.41, 5.74) is 2.32. The second kappa shape index (κ2) is 2.79. The molecule has 0 spiro atoms. The van der Waals surface area contributed by atoms with Gasteiger partial charge in [-0.3, -0.25) is 5.84 Å². The molecule has 0 saturated carbocycles. The van der Waals surface area contributed by atoms with Gasteiger partial charge in [-0.2, -0.15) is 0 Å². The average molecular weight is 59.1 g/mol. The molecule has 3 N–H and O–H groups in total. The van der Waals surface area contributed by atoms with Crippen LogP contribution in [-0.4, -0.2) is 6.54 Å². The first-order valence-electron chi connectivity index (χ1n) is 1.14. The fraction of sp³-hybridized carbons (Fsp3) is 0.500. The molecule has 0 aromatic heterocycles. The molecule has 2 heteroatoms. The lowest BCUT2D eigenvalue weighted by molar-refractivity contribution is 0.821. The maximum absolute atomic E-state index is 4.72. The van der Waals surface area contributed by atoms with Crippen molar-refractivity contribution in [2.45, 2.75) is 0 Å². The van der Waals surface area contributed by atoms with Crippen LogP contribution < -0.4 is 11.3 Å². The molecule has 0 aliphatic heterocycles. The molecular formula is C2H7N2+. The quantitative estimate of drug-likeness (QED) is 0.238. The summed E-state index contributed by atoms with van der Waals surface area (Å²) in [4.78, 5) is 0. The Morgan fingerprint density at radius 1 is 2.00 bits per heavy atom. The van der Waals surface area contributed by atoms with E-state index in [0.717, 1.165) is 0 Å². The molecule has 0 heterocycles. The van der Waals surface area contributed by atoms with Crippen molar-refractivity contribution in [1.82, 2.24) is 5.43 Å². The van der Waals surface area contributed by atoms with E-state index >= 15 is 0 Å². The SMILES string of the molecule is [CH2+]CNN. The van der Waals surface area contributed by atoms with E-state index in [1.807, 2.05) is 0 Å². The van der Waals surface area contributed by atoms with Crippen LogP contribution in [0.15, 0.2) is 0 Å². The van der Waals surface area contributed by atoms with Gasteiger partial charge in [-0.15, -0.1) is 0 Å². The van der Waals surface area contributed by atoms with Gasteiger partial charge in [0, 0.05) is 0 Å². The average Bonchev–Trinajstić information content (AvgIpc) is 1.37. The highest BCUT2D eigenvalue weighted by Crippen LogP contribution is 1.28. The third-order valence-corrected chi connectivity index (χ3v) is 0.144. The van der Waals surface area contributed by atoms with Crippen LogP contribution in [0.1, 0.15) is 0 Å². The predicted molar refractivity (Wildman–Crippen MR) is 17.5 cm³/mol. The Kier molecular flexibility index (Phi) is 2.64. The number of hydrogen-bond donors (Lipinski definition) is 2. The fourth-order valence-corrected chi connectivity index (χ4v) is 0. The van der Waals surface area contributed by atoms with Gasteiger partial charge < -0.3 is 0 Å². The molecule has 24 valence electrons. The zero-order valence-corrected chi connectivity index (χ0v) is 2.49. The monoisotopic (exact) mass is 59.1 g/mol. The first-order valence-corrected chi connectivity index (χ1v) is 1.14. The Balaban J connectivity index is 1.97. The first kappa shape index (κ1) is 3.79. The normalized spacial score (nSPS) is 7.25. The van der Waals surface area contributed by atoms with Gasteiger partial charge in [0.2, 0.25) is 0 Å². The van der Waals surface area contributed by atoms with Crippen LogP contribution in [0, 0.1) is 6.92 Å². The number of rotatable bonds is 1. The van der Waals surface area contributed by atoms with E-state index < -0.39 is 0 Å². The minimum Gasteiger partial charge on any atom is -0.268 e. The summed E-state index contributed by atoms with van der Waals surface area (Å²) in [6.07, 6.45) is 0. The van der Waals surface area contributed by atoms with Gasteiger partial charge in [-0.25, -0.2) is 5.43 Å². The summed E-state index contributed by atoms with van der Waals surface area (Å²) in [6, 6.07) is 0. The third kappa shape index (κ3) is 1.79. The van der Waals surface area contributed by atoms with Crippen molar-refractivity contribution >= 4 is 0 Å². The maximum atomic E-state index is 4.72. The van der Waals surface area contributed by atoms with E-state index in [2.05, 4.69) is 12.3 Å².